The average Bonchev–Trinajstić information content (AvgIpc) is 3.99. The molecular formula is C35H45N5O9S. The predicted molar refractivity (Wildman–Crippen MR) is 182 cm³/mol. The fourth-order valence-electron chi connectivity index (χ4n) is 6.76. The summed E-state index contributed by atoms with van der Waals surface area (Å²) >= 11 is 0. The summed E-state index contributed by atoms with van der Waals surface area (Å²) in [6.07, 6.45) is 3.34. The summed E-state index contributed by atoms with van der Waals surface area (Å²) in [6.45, 7) is 9.10. The molecular weight excluding hydrogens is 666 g/mol. The molecule has 4 amide bonds. The van der Waals surface area contributed by atoms with Crippen LogP contribution in [0, 0.1) is 11.3 Å². The van der Waals surface area contributed by atoms with Crippen molar-refractivity contribution in [2.24, 2.45) is 11.3 Å². The van der Waals surface area contributed by atoms with E-state index in [1.165, 1.54) is 11.0 Å². The van der Waals surface area contributed by atoms with E-state index in [1.54, 1.807) is 27.0 Å². The largest absolute Gasteiger partial charge is 0.472 e. The summed E-state index contributed by atoms with van der Waals surface area (Å²) in [5.41, 5.74) is -1.70. The number of pyridine rings is 1. The molecule has 2 aromatic rings. The number of aliphatic hydroxyl groups excluding tert-OH is 1. The minimum atomic E-state index is -3.90. The Bertz CT molecular complexity index is 1810. The number of alkyl carbamates (subject to hydrolysis) is 1. The van der Waals surface area contributed by atoms with Crippen LogP contribution in [0.3, 0.4) is 0 Å². The minimum Gasteiger partial charge on any atom is -0.472 e. The number of carbonyl (C=O) groups excluding carboxylic acids is 4. The first kappa shape index (κ1) is 35.6. The lowest BCUT2D eigenvalue weighted by atomic mass is 9.85. The first-order valence-electron chi connectivity index (χ1n) is 17.1. The van der Waals surface area contributed by atoms with Crippen LogP contribution in [0.4, 0.5) is 4.79 Å². The average molecular weight is 712 g/mol. The molecule has 6 atom stereocenters. The van der Waals surface area contributed by atoms with E-state index < -0.39 is 80.3 Å². The number of nitrogens with one attached hydrogen (secondary N) is 3. The smallest absolute Gasteiger partial charge is 0.407 e. The van der Waals surface area contributed by atoms with Crippen LogP contribution in [-0.4, -0.2) is 89.4 Å². The van der Waals surface area contributed by atoms with Crippen molar-refractivity contribution in [2.45, 2.75) is 101 Å². The van der Waals surface area contributed by atoms with E-state index in [-0.39, 0.29) is 31.9 Å². The lowest BCUT2D eigenvalue weighted by Gasteiger charge is -2.35. The highest BCUT2D eigenvalue weighted by Gasteiger charge is 2.62. The highest BCUT2D eigenvalue weighted by Crippen LogP contribution is 2.45. The molecule has 4 bridgehead atoms. The molecule has 0 radical (unpaired) electrons. The quantitative estimate of drug-likeness (QED) is 0.324. The fraction of sp³-hybridized carbons (Fsp3) is 0.571. The van der Waals surface area contributed by atoms with Gasteiger partial charge in [-0.25, -0.2) is 18.2 Å². The zero-order chi connectivity index (χ0) is 36.0. The number of carbonyl (C=O) groups is 4. The third kappa shape index (κ3) is 7.29. The molecule has 1 aromatic carbocycles. The molecule has 1 saturated heterocycles. The molecule has 2 aliphatic carbocycles. The summed E-state index contributed by atoms with van der Waals surface area (Å²) in [6, 6.07) is 5.07. The molecule has 15 heteroatoms. The van der Waals surface area contributed by atoms with Crippen LogP contribution in [0.1, 0.15) is 77.4 Å². The first-order chi connectivity index (χ1) is 23.6. The van der Waals surface area contributed by atoms with E-state index in [9.17, 15) is 32.7 Å². The molecule has 0 spiro atoms. The predicted octanol–water partition coefficient (Wildman–Crippen LogP) is 2.61. The van der Waals surface area contributed by atoms with Gasteiger partial charge in [0.15, 0.2) is 0 Å². The monoisotopic (exact) mass is 711 g/mol. The molecule has 14 nitrogen and oxygen atoms in total. The van der Waals surface area contributed by atoms with Gasteiger partial charge in [0.05, 0.1) is 24.5 Å². The highest BCUT2D eigenvalue weighted by atomic mass is 32.2. The van der Waals surface area contributed by atoms with Crippen LogP contribution in [0.15, 0.2) is 43.1 Å². The molecule has 50 heavy (non-hydrogen) atoms. The van der Waals surface area contributed by atoms with Crippen molar-refractivity contribution in [2.75, 3.05) is 13.2 Å². The third-order valence-electron chi connectivity index (χ3n) is 9.99. The second-order valence-electron chi connectivity index (χ2n) is 14.9. The Labute approximate surface area is 291 Å². The van der Waals surface area contributed by atoms with Crippen LogP contribution < -0.4 is 20.1 Å². The van der Waals surface area contributed by atoms with Crippen molar-refractivity contribution in [3.63, 3.8) is 0 Å². The maximum Gasteiger partial charge on any atom is 0.407 e. The maximum absolute atomic E-state index is 14.4. The lowest BCUT2D eigenvalue weighted by Crippen LogP contribution is -2.60. The Morgan fingerprint density at radius 1 is 1.16 bits per heavy atom. The number of hydrogen-bond donors (Lipinski definition) is 4. The van der Waals surface area contributed by atoms with Crippen LogP contribution >= 0.6 is 0 Å². The van der Waals surface area contributed by atoms with Gasteiger partial charge in [-0.1, -0.05) is 39.0 Å². The molecule has 6 rings (SSSR count). The van der Waals surface area contributed by atoms with E-state index in [4.69, 9.17) is 9.47 Å². The number of aromatic nitrogens is 1. The van der Waals surface area contributed by atoms with Crippen molar-refractivity contribution < 1.29 is 42.2 Å². The van der Waals surface area contributed by atoms with Crippen LogP contribution in [-0.2, 0) is 29.1 Å². The topological polar surface area (TPSA) is 193 Å². The van der Waals surface area contributed by atoms with Crippen molar-refractivity contribution in [1.82, 2.24) is 25.2 Å². The Kier molecular flexibility index (Phi) is 9.59. The van der Waals surface area contributed by atoms with Crippen molar-refractivity contribution in [3.8, 4) is 5.88 Å². The molecule has 3 fully saturated rings. The van der Waals surface area contributed by atoms with E-state index in [0.29, 0.717) is 43.1 Å². The number of benzene rings is 1. The van der Waals surface area contributed by atoms with Gasteiger partial charge in [-0.3, -0.25) is 19.1 Å². The molecule has 4 aliphatic rings. The Morgan fingerprint density at radius 2 is 1.92 bits per heavy atom. The van der Waals surface area contributed by atoms with Crippen molar-refractivity contribution in [3.05, 3.63) is 48.7 Å². The van der Waals surface area contributed by atoms with Gasteiger partial charge in [-0.2, -0.15) is 0 Å². The number of cyclic esters (lactones) is 1. The van der Waals surface area contributed by atoms with Gasteiger partial charge >= 0.3 is 6.09 Å². The number of aliphatic hydroxyl groups is 1. The Balaban J connectivity index is 1.33. The Hall–Kier alpha value is -4.24. The summed E-state index contributed by atoms with van der Waals surface area (Å²) in [7, 11) is -3.90. The van der Waals surface area contributed by atoms with Crippen molar-refractivity contribution >= 4 is 44.6 Å². The maximum atomic E-state index is 14.4. The van der Waals surface area contributed by atoms with Gasteiger partial charge in [0.1, 0.15) is 23.7 Å². The summed E-state index contributed by atoms with van der Waals surface area (Å²) < 4.78 is 39.2. The fourth-order valence-corrected chi connectivity index (χ4v) is 8.12. The number of fused-ring (bicyclic) bond motifs is 3. The number of sulfonamides is 1. The molecule has 2 saturated carbocycles. The number of amides is 4. The summed E-state index contributed by atoms with van der Waals surface area (Å²) in [4.78, 5) is 60.7. The van der Waals surface area contributed by atoms with E-state index in [0.717, 1.165) is 5.39 Å². The zero-order valence-electron chi connectivity index (χ0n) is 28.5. The van der Waals surface area contributed by atoms with Gasteiger partial charge in [0, 0.05) is 23.9 Å². The Morgan fingerprint density at radius 3 is 2.60 bits per heavy atom. The number of hydrogen-bond acceptors (Lipinski definition) is 10. The molecule has 2 aliphatic heterocycles. The van der Waals surface area contributed by atoms with Crippen LogP contribution in [0.25, 0.3) is 10.8 Å². The normalized spacial score (nSPS) is 29.2. The molecule has 1 aromatic heterocycles. The molecule has 270 valence electrons. The van der Waals surface area contributed by atoms with Gasteiger partial charge < -0.3 is 30.1 Å². The number of rotatable bonds is 6. The molecule has 2 unspecified atom stereocenters. The summed E-state index contributed by atoms with van der Waals surface area (Å²) in [5, 5.41) is 17.2. The third-order valence-corrected chi connectivity index (χ3v) is 11.8. The number of ether oxygens (including phenoxy) is 2. The van der Waals surface area contributed by atoms with E-state index in [1.807, 2.05) is 24.3 Å². The van der Waals surface area contributed by atoms with Gasteiger partial charge in [0.2, 0.25) is 27.7 Å². The SMILES string of the molecule is C=C[C@@H]1C[C@]1(NC(=O)C1C[C@@H]2CN1C(=O)C(C(C)(C)C)NC(=O)OCCCC[C@H](O)c1ccc3ccnc(c3c1)O2)C(=O)NS(=O)(=O)C1CC1. The first-order valence-corrected chi connectivity index (χ1v) is 18.7. The van der Waals surface area contributed by atoms with Crippen LogP contribution in [0.5, 0.6) is 5.88 Å². The standard InChI is InChI=1S/C35H45N5O9S/c1-5-22-18-35(22,32(44)39-50(46,47)24-11-12-24)38-29(42)26-17-23-19-40(26)31(43)28(34(2,3)4)37-33(45)48-15-7-6-8-27(41)21-10-9-20-13-14-36-30(49-23)25(20)16-21/h5,9-10,13-14,16,22-24,26-28,41H,1,6-8,11-12,15,17-19H2,2-4H3,(H,37,45)(H,38,42)(H,39,44)/t22-,23-,26?,27+,28?,35-/m1/s1. The van der Waals surface area contributed by atoms with Crippen molar-refractivity contribution in [1.29, 1.82) is 0 Å². The second-order valence-corrected chi connectivity index (χ2v) is 16.8. The summed E-state index contributed by atoms with van der Waals surface area (Å²) in [5.74, 6) is -2.34. The second kappa shape index (κ2) is 13.5. The number of nitrogens with zero attached hydrogens (tertiary/aromatic N) is 2. The van der Waals surface area contributed by atoms with Gasteiger partial charge in [-0.05, 0) is 67.0 Å². The lowest BCUT2D eigenvalue weighted by molar-refractivity contribution is -0.142. The molecule has 3 heterocycles. The van der Waals surface area contributed by atoms with E-state index >= 15 is 0 Å². The van der Waals surface area contributed by atoms with Gasteiger partial charge in [-0.15, -0.1) is 6.58 Å². The highest BCUT2D eigenvalue weighted by molar-refractivity contribution is 7.91. The van der Waals surface area contributed by atoms with E-state index in [2.05, 4.69) is 26.9 Å². The minimum absolute atomic E-state index is 0.0100. The van der Waals surface area contributed by atoms with Gasteiger partial charge in [0.25, 0.3) is 5.91 Å². The van der Waals surface area contributed by atoms with Crippen LogP contribution in [0.2, 0.25) is 0 Å². The zero-order valence-corrected chi connectivity index (χ0v) is 29.3. The molecule has 4 N–H and O–H groups in total.